The minimum Gasteiger partial charge on any atom is -0.369 e. The van der Waals surface area contributed by atoms with Gasteiger partial charge in [-0.05, 0) is 49.9 Å². The summed E-state index contributed by atoms with van der Waals surface area (Å²) in [7, 11) is 0. The van der Waals surface area contributed by atoms with E-state index in [0.29, 0.717) is 30.1 Å². The second-order valence-corrected chi connectivity index (χ2v) is 7.88. The van der Waals surface area contributed by atoms with Crippen molar-refractivity contribution >= 4 is 11.8 Å². The molecule has 2 aromatic carbocycles. The second-order valence-electron chi connectivity index (χ2n) is 7.88. The summed E-state index contributed by atoms with van der Waals surface area (Å²) in [5.41, 5.74) is 9.15. The van der Waals surface area contributed by atoms with E-state index in [4.69, 9.17) is 10.3 Å². The third kappa shape index (κ3) is 3.96. The number of rotatable bonds is 5. The van der Waals surface area contributed by atoms with Crippen LogP contribution in [-0.2, 0) is 4.79 Å². The molecule has 4 rings (SSSR count). The summed E-state index contributed by atoms with van der Waals surface area (Å²) in [4.78, 5) is 29.2. The van der Waals surface area contributed by atoms with Gasteiger partial charge in [0.1, 0.15) is 0 Å². The molecule has 2 amide bonds. The first kappa shape index (κ1) is 19.8. The van der Waals surface area contributed by atoms with Crippen molar-refractivity contribution < 1.29 is 14.1 Å². The molecule has 30 heavy (non-hydrogen) atoms. The lowest BCUT2D eigenvalue weighted by Gasteiger charge is -2.18. The van der Waals surface area contributed by atoms with Crippen molar-refractivity contribution in [2.45, 2.75) is 38.6 Å². The lowest BCUT2D eigenvalue weighted by atomic mass is 10.0. The zero-order chi connectivity index (χ0) is 21.3. The van der Waals surface area contributed by atoms with E-state index in [1.165, 1.54) is 0 Å². The van der Waals surface area contributed by atoms with Crippen LogP contribution >= 0.6 is 0 Å². The van der Waals surface area contributed by atoms with Crippen LogP contribution in [0.4, 0.5) is 0 Å². The summed E-state index contributed by atoms with van der Waals surface area (Å²) < 4.78 is 5.52. The number of hydrogen-bond donors (Lipinski definition) is 2. The number of amides is 2. The number of aryl methyl sites for hydroxylation is 2. The van der Waals surface area contributed by atoms with Crippen molar-refractivity contribution in [3.05, 3.63) is 71.1 Å². The summed E-state index contributed by atoms with van der Waals surface area (Å²) in [6, 6.07) is 14.8. The third-order valence-electron chi connectivity index (χ3n) is 5.84. The standard InChI is InChI=1S/C23H24N4O3/c1-13-8-9-16(10-14(13)2)22(29)25-19-12-17(20(24)28)11-18(19)23-26-21(27-30-23)15-6-4-3-5-7-15/h3-10,17-19H,11-12H2,1-2H3,(H2,24,28)(H,25,29)/t17-,18-,19+/m1/s1. The molecular weight excluding hydrogens is 380 g/mol. The molecule has 1 saturated carbocycles. The van der Waals surface area contributed by atoms with Crippen molar-refractivity contribution in [3.63, 3.8) is 0 Å². The van der Waals surface area contributed by atoms with Crippen LogP contribution in [0.1, 0.15) is 46.1 Å². The average Bonchev–Trinajstić information content (AvgIpc) is 3.38. The molecule has 1 fully saturated rings. The van der Waals surface area contributed by atoms with Gasteiger partial charge in [0.15, 0.2) is 0 Å². The Morgan fingerprint density at radius 2 is 1.83 bits per heavy atom. The van der Waals surface area contributed by atoms with Crippen LogP contribution in [0, 0.1) is 19.8 Å². The molecule has 7 heteroatoms. The number of nitrogens with zero attached hydrogens (tertiary/aromatic N) is 2. The molecule has 1 aliphatic carbocycles. The van der Waals surface area contributed by atoms with Crippen molar-refractivity contribution in [1.82, 2.24) is 15.5 Å². The van der Waals surface area contributed by atoms with Gasteiger partial charge in [-0.25, -0.2) is 0 Å². The van der Waals surface area contributed by atoms with E-state index >= 15 is 0 Å². The Labute approximate surface area is 174 Å². The fourth-order valence-electron chi connectivity index (χ4n) is 3.93. The van der Waals surface area contributed by atoms with Gasteiger partial charge in [-0.15, -0.1) is 0 Å². The van der Waals surface area contributed by atoms with Crippen LogP contribution in [0.25, 0.3) is 11.4 Å². The van der Waals surface area contributed by atoms with Crippen molar-refractivity contribution in [2.75, 3.05) is 0 Å². The maximum absolute atomic E-state index is 12.9. The third-order valence-corrected chi connectivity index (χ3v) is 5.84. The van der Waals surface area contributed by atoms with E-state index in [1.54, 1.807) is 6.07 Å². The van der Waals surface area contributed by atoms with Gasteiger partial charge in [0.2, 0.25) is 17.6 Å². The lowest BCUT2D eigenvalue weighted by molar-refractivity contribution is -0.121. The number of aromatic nitrogens is 2. The highest BCUT2D eigenvalue weighted by molar-refractivity contribution is 5.94. The summed E-state index contributed by atoms with van der Waals surface area (Å²) in [5, 5.41) is 7.13. The van der Waals surface area contributed by atoms with Crippen LogP contribution in [0.2, 0.25) is 0 Å². The zero-order valence-electron chi connectivity index (χ0n) is 17.0. The summed E-state index contributed by atoms with van der Waals surface area (Å²) >= 11 is 0. The highest BCUT2D eigenvalue weighted by Gasteiger charge is 2.41. The van der Waals surface area contributed by atoms with E-state index in [9.17, 15) is 9.59 Å². The Bertz CT molecular complexity index is 1080. The van der Waals surface area contributed by atoms with Gasteiger partial charge in [-0.2, -0.15) is 4.98 Å². The van der Waals surface area contributed by atoms with Gasteiger partial charge in [0, 0.05) is 23.1 Å². The van der Waals surface area contributed by atoms with Crippen molar-refractivity contribution in [2.24, 2.45) is 11.7 Å². The highest BCUT2D eigenvalue weighted by atomic mass is 16.5. The molecule has 0 radical (unpaired) electrons. The number of hydrogen-bond acceptors (Lipinski definition) is 5. The Morgan fingerprint density at radius 1 is 1.07 bits per heavy atom. The lowest BCUT2D eigenvalue weighted by Crippen LogP contribution is -2.37. The van der Waals surface area contributed by atoms with Gasteiger partial charge in [0.25, 0.3) is 5.91 Å². The Hall–Kier alpha value is -3.48. The predicted octanol–water partition coefficient (Wildman–Crippen LogP) is 3.13. The van der Waals surface area contributed by atoms with Crippen LogP contribution in [0.3, 0.4) is 0 Å². The molecule has 1 aliphatic rings. The van der Waals surface area contributed by atoms with Crippen LogP contribution in [0.15, 0.2) is 53.1 Å². The summed E-state index contributed by atoms with van der Waals surface area (Å²) in [5.74, 6) is -0.322. The fourth-order valence-corrected chi connectivity index (χ4v) is 3.93. The number of nitrogens with two attached hydrogens (primary N) is 1. The van der Waals surface area contributed by atoms with Crippen LogP contribution < -0.4 is 11.1 Å². The van der Waals surface area contributed by atoms with Crippen LogP contribution in [-0.4, -0.2) is 28.0 Å². The van der Waals surface area contributed by atoms with Crippen LogP contribution in [0.5, 0.6) is 0 Å². The molecule has 154 valence electrons. The molecule has 0 bridgehead atoms. The predicted molar refractivity (Wildman–Crippen MR) is 112 cm³/mol. The van der Waals surface area contributed by atoms with E-state index < -0.39 is 0 Å². The van der Waals surface area contributed by atoms with Gasteiger partial charge in [-0.3, -0.25) is 9.59 Å². The molecule has 3 atom stereocenters. The molecule has 0 spiro atoms. The molecule has 1 aromatic heterocycles. The highest BCUT2D eigenvalue weighted by Crippen LogP contribution is 2.38. The normalized spacial score (nSPS) is 20.8. The number of primary amides is 1. The second kappa shape index (κ2) is 8.10. The van der Waals surface area contributed by atoms with Gasteiger partial charge >= 0.3 is 0 Å². The Morgan fingerprint density at radius 3 is 2.53 bits per heavy atom. The number of nitrogens with one attached hydrogen (secondary N) is 1. The topological polar surface area (TPSA) is 111 Å². The quantitative estimate of drug-likeness (QED) is 0.679. The first-order valence-corrected chi connectivity index (χ1v) is 9.99. The van der Waals surface area contributed by atoms with E-state index in [0.717, 1.165) is 16.7 Å². The summed E-state index contributed by atoms with van der Waals surface area (Å²) in [6.07, 6.45) is 0.906. The first-order valence-electron chi connectivity index (χ1n) is 9.99. The SMILES string of the molecule is Cc1ccc(C(=O)N[C@H]2C[C@H](C(N)=O)C[C@H]2c2nc(-c3ccccc3)no2)cc1C. The van der Waals surface area contributed by atoms with Crippen molar-refractivity contribution in [1.29, 1.82) is 0 Å². The largest absolute Gasteiger partial charge is 0.369 e. The molecule has 1 heterocycles. The van der Waals surface area contributed by atoms with E-state index in [-0.39, 0.29) is 29.7 Å². The molecule has 0 unspecified atom stereocenters. The first-order chi connectivity index (χ1) is 14.4. The molecule has 3 aromatic rings. The van der Waals surface area contributed by atoms with E-state index in [1.807, 2.05) is 56.3 Å². The Kier molecular flexibility index (Phi) is 5.35. The maximum atomic E-state index is 12.9. The molecular formula is C23H24N4O3. The van der Waals surface area contributed by atoms with Gasteiger partial charge in [0.05, 0.1) is 5.92 Å². The molecule has 3 N–H and O–H groups in total. The summed E-state index contributed by atoms with van der Waals surface area (Å²) in [6.45, 7) is 3.97. The number of benzene rings is 2. The number of carbonyl (C=O) groups excluding carboxylic acids is 2. The maximum Gasteiger partial charge on any atom is 0.251 e. The smallest absolute Gasteiger partial charge is 0.251 e. The monoisotopic (exact) mass is 404 g/mol. The average molecular weight is 404 g/mol. The number of carbonyl (C=O) groups is 2. The molecule has 7 nitrogen and oxygen atoms in total. The minimum absolute atomic E-state index is 0.194. The molecule has 0 aliphatic heterocycles. The van der Waals surface area contributed by atoms with Gasteiger partial charge in [-0.1, -0.05) is 41.6 Å². The Balaban J connectivity index is 1.57. The molecule has 0 saturated heterocycles. The minimum atomic E-state index is -0.384. The van der Waals surface area contributed by atoms with E-state index in [2.05, 4.69) is 15.5 Å². The van der Waals surface area contributed by atoms with Crippen molar-refractivity contribution in [3.8, 4) is 11.4 Å². The fraction of sp³-hybridized carbons (Fsp3) is 0.304. The zero-order valence-corrected chi connectivity index (χ0v) is 17.0. The van der Waals surface area contributed by atoms with Gasteiger partial charge < -0.3 is 15.6 Å².